The molecule has 2 aliphatic rings. The number of methoxy groups -OCH3 is 2. The van der Waals surface area contributed by atoms with E-state index in [9.17, 15) is 19.7 Å². The van der Waals surface area contributed by atoms with E-state index in [0.29, 0.717) is 43.4 Å². The number of carbonyl (C=O) groups is 2. The Bertz CT molecular complexity index is 1010. The molecule has 0 saturated carbocycles. The van der Waals surface area contributed by atoms with Gasteiger partial charge in [0.15, 0.2) is 0 Å². The number of rotatable bonds is 6. The van der Waals surface area contributed by atoms with Crippen LogP contribution in [0.5, 0.6) is 11.5 Å². The number of amides is 2. The van der Waals surface area contributed by atoms with Gasteiger partial charge in [-0.25, -0.2) is 4.90 Å². The van der Waals surface area contributed by atoms with E-state index in [4.69, 9.17) is 9.47 Å². The number of benzene rings is 2. The lowest BCUT2D eigenvalue weighted by molar-refractivity contribution is -0.384. The third-order valence-electron chi connectivity index (χ3n) is 5.90. The molecule has 10 heteroatoms. The molecule has 2 aliphatic heterocycles. The van der Waals surface area contributed by atoms with Crippen molar-refractivity contribution >= 4 is 28.9 Å². The number of ether oxygens (including phenoxy) is 2. The maximum atomic E-state index is 13.2. The van der Waals surface area contributed by atoms with Gasteiger partial charge in [-0.05, 0) is 12.1 Å². The van der Waals surface area contributed by atoms with Crippen LogP contribution in [0.3, 0.4) is 0 Å². The molecule has 1 unspecified atom stereocenters. The zero-order valence-corrected chi connectivity index (χ0v) is 17.9. The fourth-order valence-electron chi connectivity index (χ4n) is 4.17. The van der Waals surface area contributed by atoms with Gasteiger partial charge in [0.1, 0.15) is 11.5 Å². The quantitative estimate of drug-likeness (QED) is 0.382. The topological polar surface area (TPSA) is 105 Å². The molecule has 4 rings (SSSR count). The maximum absolute atomic E-state index is 13.2. The average molecular weight is 440 g/mol. The predicted octanol–water partition coefficient (Wildman–Crippen LogP) is 2.07. The van der Waals surface area contributed by atoms with Gasteiger partial charge in [0, 0.05) is 62.2 Å². The highest BCUT2D eigenvalue weighted by Gasteiger charge is 2.43. The van der Waals surface area contributed by atoms with Crippen LogP contribution in [-0.4, -0.2) is 68.1 Å². The molecule has 32 heavy (non-hydrogen) atoms. The fraction of sp³-hybridized carbons (Fsp3) is 0.364. The van der Waals surface area contributed by atoms with Crippen molar-refractivity contribution in [2.24, 2.45) is 0 Å². The van der Waals surface area contributed by atoms with Gasteiger partial charge in [-0.2, -0.15) is 0 Å². The summed E-state index contributed by atoms with van der Waals surface area (Å²) in [6, 6.07) is 10.9. The SMILES string of the molecule is COc1cc(OC)cc(N2C(=O)CC(N3CCN(c4ccc([N+](=O)[O-])cc4)CC3)C2=O)c1. The summed E-state index contributed by atoms with van der Waals surface area (Å²) in [4.78, 5) is 41.7. The van der Waals surface area contributed by atoms with Crippen LogP contribution in [0.15, 0.2) is 42.5 Å². The lowest BCUT2D eigenvalue weighted by atomic mass is 10.1. The lowest BCUT2D eigenvalue weighted by Gasteiger charge is -2.38. The zero-order chi connectivity index (χ0) is 22.8. The molecule has 2 saturated heterocycles. The summed E-state index contributed by atoms with van der Waals surface area (Å²) in [5.74, 6) is 0.488. The Morgan fingerprint density at radius 2 is 1.50 bits per heavy atom. The van der Waals surface area contributed by atoms with Crippen LogP contribution in [0.1, 0.15) is 6.42 Å². The highest BCUT2D eigenvalue weighted by molar-refractivity contribution is 6.22. The first-order valence-corrected chi connectivity index (χ1v) is 10.2. The van der Waals surface area contributed by atoms with E-state index in [1.165, 1.54) is 31.3 Å². The fourth-order valence-corrected chi connectivity index (χ4v) is 4.17. The highest BCUT2D eigenvalue weighted by Crippen LogP contribution is 2.33. The Morgan fingerprint density at radius 1 is 0.906 bits per heavy atom. The molecular weight excluding hydrogens is 416 g/mol. The molecule has 0 spiro atoms. The minimum atomic E-state index is -0.515. The van der Waals surface area contributed by atoms with Crippen molar-refractivity contribution in [3.05, 3.63) is 52.6 Å². The summed E-state index contributed by atoms with van der Waals surface area (Å²) < 4.78 is 10.5. The van der Waals surface area contributed by atoms with E-state index >= 15 is 0 Å². The number of nitro benzene ring substituents is 1. The second-order valence-corrected chi connectivity index (χ2v) is 7.65. The average Bonchev–Trinajstić information content (AvgIpc) is 3.12. The Kier molecular flexibility index (Phi) is 5.95. The number of hydrogen-bond donors (Lipinski definition) is 0. The molecule has 0 aromatic heterocycles. The molecule has 0 N–H and O–H groups in total. The standard InChI is InChI=1S/C22H24N4O6/c1-31-18-11-17(12-19(13-18)32-2)25-21(27)14-20(22(25)28)24-9-7-23(8-10-24)15-3-5-16(6-4-15)26(29)30/h3-6,11-13,20H,7-10,14H2,1-2H3. The first-order valence-electron chi connectivity index (χ1n) is 10.2. The number of imide groups is 1. The van der Waals surface area contributed by atoms with Crippen molar-refractivity contribution in [3.8, 4) is 11.5 Å². The van der Waals surface area contributed by atoms with Crippen molar-refractivity contribution in [1.29, 1.82) is 0 Å². The molecule has 0 aliphatic carbocycles. The van der Waals surface area contributed by atoms with Gasteiger partial charge in [-0.3, -0.25) is 24.6 Å². The Hall–Kier alpha value is -3.66. The smallest absolute Gasteiger partial charge is 0.269 e. The Labute approximate surface area is 185 Å². The number of piperazine rings is 1. The van der Waals surface area contributed by atoms with Crippen molar-refractivity contribution in [3.63, 3.8) is 0 Å². The van der Waals surface area contributed by atoms with E-state index in [2.05, 4.69) is 4.90 Å². The molecule has 2 aromatic rings. The monoisotopic (exact) mass is 440 g/mol. The molecule has 10 nitrogen and oxygen atoms in total. The zero-order valence-electron chi connectivity index (χ0n) is 17.9. The van der Waals surface area contributed by atoms with Crippen LogP contribution < -0.4 is 19.3 Å². The normalized spacial score (nSPS) is 19.4. The molecular formula is C22H24N4O6. The molecule has 2 heterocycles. The van der Waals surface area contributed by atoms with Crippen molar-refractivity contribution < 1.29 is 24.0 Å². The summed E-state index contributed by atoms with van der Waals surface area (Å²) >= 11 is 0. The number of non-ortho nitro benzene ring substituents is 1. The highest BCUT2D eigenvalue weighted by atomic mass is 16.6. The van der Waals surface area contributed by atoms with Crippen LogP contribution in [0.25, 0.3) is 0 Å². The van der Waals surface area contributed by atoms with Crippen LogP contribution in [-0.2, 0) is 9.59 Å². The van der Waals surface area contributed by atoms with E-state index in [0.717, 1.165) is 5.69 Å². The molecule has 2 amide bonds. The molecule has 0 bridgehead atoms. The van der Waals surface area contributed by atoms with Crippen LogP contribution in [0.4, 0.5) is 17.1 Å². The van der Waals surface area contributed by atoms with E-state index in [1.54, 1.807) is 30.3 Å². The van der Waals surface area contributed by atoms with Gasteiger partial charge in [0.2, 0.25) is 5.91 Å². The molecule has 2 aromatic carbocycles. The summed E-state index contributed by atoms with van der Waals surface area (Å²) in [5, 5.41) is 10.8. The third kappa shape index (κ3) is 4.09. The minimum absolute atomic E-state index is 0.0525. The lowest BCUT2D eigenvalue weighted by Crippen LogP contribution is -2.52. The van der Waals surface area contributed by atoms with Crippen LogP contribution in [0.2, 0.25) is 0 Å². The van der Waals surface area contributed by atoms with E-state index in [-0.39, 0.29) is 23.9 Å². The maximum Gasteiger partial charge on any atom is 0.269 e. The molecule has 2 fully saturated rings. The van der Waals surface area contributed by atoms with Gasteiger partial charge in [0.25, 0.3) is 11.6 Å². The summed E-state index contributed by atoms with van der Waals surface area (Å²) in [6.07, 6.45) is 0.121. The summed E-state index contributed by atoms with van der Waals surface area (Å²) in [6.45, 7) is 2.53. The van der Waals surface area contributed by atoms with E-state index < -0.39 is 11.0 Å². The number of nitro groups is 1. The third-order valence-corrected chi connectivity index (χ3v) is 5.90. The minimum Gasteiger partial charge on any atom is -0.497 e. The van der Waals surface area contributed by atoms with Gasteiger partial charge < -0.3 is 14.4 Å². The summed E-state index contributed by atoms with van der Waals surface area (Å²) in [5.41, 5.74) is 1.38. The van der Waals surface area contributed by atoms with Crippen LogP contribution >= 0.6 is 0 Å². The first kappa shape index (κ1) is 21.6. The Balaban J connectivity index is 1.44. The molecule has 1 atom stereocenters. The number of hydrogen-bond acceptors (Lipinski definition) is 8. The Morgan fingerprint density at radius 3 is 2.03 bits per heavy atom. The van der Waals surface area contributed by atoms with Gasteiger partial charge in [-0.1, -0.05) is 0 Å². The van der Waals surface area contributed by atoms with E-state index in [1.807, 2.05) is 4.90 Å². The second-order valence-electron chi connectivity index (χ2n) is 7.65. The predicted molar refractivity (Wildman–Crippen MR) is 117 cm³/mol. The number of carbonyl (C=O) groups excluding carboxylic acids is 2. The number of nitrogens with zero attached hydrogens (tertiary/aromatic N) is 4. The number of anilines is 2. The van der Waals surface area contributed by atoms with Crippen LogP contribution in [0, 0.1) is 10.1 Å². The second kappa shape index (κ2) is 8.83. The van der Waals surface area contributed by atoms with Crippen molar-refractivity contribution in [2.45, 2.75) is 12.5 Å². The van der Waals surface area contributed by atoms with Gasteiger partial charge in [-0.15, -0.1) is 0 Å². The molecule has 168 valence electrons. The largest absolute Gasteiger partial charge is 0.497 e. The van der Waals surface area contributed by atoms with Gasteiger partial charge >= 0.3 is 0 Å². The first-order chi connectivity index (χ1) is 15.4. The van der Waals surface area contributed by atoms with Crippen molar-refractivity contribution in [1.82, 2.24) is 4.90 Å². The van der Waals surface area contributed by atoms with Gasteiger partial charge in [0.05, 0.1) is 37.3 Å². The molecule has 0 radical (unpaired) electrons. The summed E-state index contributed by atoms with van der Waals surface area (Å²) in [7, 11) is 3.03. The van der Waals surface area contributed by atoms with Crippen molar-refractivity contribution in [2.75, 3.05) is 50.2 Å².